The fourth-order valence-corrected chi connectivity index (χ4v) is 1.64. The number of aromatic nitrogens is 2. The number of hydrogen-bond donors (Lipinski definition) is 2. The molecule has 0 aromatic carbocycles. The van der Waals surface area contributed by atoms with Crippen LogP contribution in [0.1, 0.15) is 11.4 Å². The molecule has 80 valence electrons. The Morgan fingerprint density at radius 1 is 1.43 bits per heavy atom. The summed E-state index contributed by atoms with van der Waals surface area (Å²) >= 11 is 1.52. The van der Waals surface area contributed by atoms with Gasteiger partial charge in [-0.1, -0.05) is 11.3 Å². The lowest BCUT2D eigenvalue weighted by Gasteiger charge is -2.08. The average Bonchev–Trinajstić information content (AvgIpc) is 2.60. The lowest BCUT2D eigenvalue weighted by molar-refractivity contribution is 0.405. The average molecular weight is 215 g/mol. The molecule has 6 heteroatoms. The van der Waals surface area contributed by atoms with Crippen LogP contribution >= 0.6 is 11.3 Å². The number of nitrogens with zero attached hydrogens (tertiary/aromatic N) is 3. The molecule has 0 amide bonds. The van der Waals surface area contributed by atoms with Gasteiger partial charge < -0.3 is 16.0 Å². The lowest BCUT2D eigenvalue weighted by atomic mass is 10.4. The third-order valence-electron chi connectivity index (χ3n) is 1.70. The van der Waals surface area contributed by atoms with Gasteiger partial charge in [0, 0.05) is 13.1 Å². The third-order valence-corrected chi connectivity index (χ3v) is 2.60. The summed E-state index contributed by atoms with van der Waals surface area (Å²) in [6.07, 6.45) is 1.10. The molecule has 0 saturated carbocycles. The molecule has 0 aliphatic rings. The van der Waals surface area contributed by atoms with E-state index in [0.29, 0.717) is 6.54 Å². The van der Waals surface area contributed by atoms with Gasteiger partial charge in [-0.25, -0.2) is 0 Å². The summed E-state index contributed by atoms with van der Waals surface area (Å²) in [6.45, 7) is 2.48. The van der Waals surface area contributed by atoms with Gasteiger partial charge in [0.1, 0.15) is 5.01 Å². The van der Waals surface area contributed by atoms with E-state index >= 15 is 0 Å². The van der Waals surface area contributed by atoms with Crippen LogP contribution in [0.25, 0.3) is 0 Å². The molecule has 0 spiro atoms. The van der Waals surface area contributed by atoms with E-state index < -0.39 is 0 Å². The minimum absolute atomic E-state index is 0.469. The first kappa shape index (κ1) is 11.4. The summed E-state index contributed by atoms with van der Waals surface area (Å²) in [5.41, 5.74) is 5.43. The minimum Gasteiger partial charge on any atom is -0.360 e. The minimum atomic E-state index is 0.469. The van der Waals surface area contributed by atoms with E-state index in [1.165, 1.54) is 11.3 Å². The Hall–Kier alpha value is -0.720. The zero-order valence-electron chi connectivity index (χ0n) is 8.66. The van der Waals surface area contributed by atoms with Gasteiger partial charge in [0.25, 0.3) is 0 Å². The maximum atomic E-state index is 5.43. The largest absolute Gasteiger partial charge is 0.360 e. The predicted molar refractivity (Wildman–Crippen MR) is 59.5 cm³/mol. The van der Waals surface area contributed by atoms with Gasteiger partial charge in [0.2, 0.25) is 5.13 Å². The summed E-state index contributed by atoms with van der Waals surface area (Å²) < 4.78 is 0. The summed E-state index contributed by atoms with van der Waals surface area (Å²) in [7, 11) is 4.13. The topological polar surface area (TPSA) is 67.1 Å². The van der Waals surface area contributed by atoms with Crippen molar-refractivity contribution in [3.8, 4) is 0 Å². The normalized spacial score (nSPS) is 10.9. The van der Waals surface area contributed by atoms with E-state index in [0.717, 1.165) is 29.6 Å². The Kier molecular flexibility index (Phi) is 4.78. The van der Waals surface area contributed by atoms with Gasteiger partial charge in [0.05, 0.1) is 0 Å². The molecule has 1 heterocycles. The van der Waals surface area contributed by atoms with Crippen LogP contribution in [0.2, 0.25) is 0 Å². The SMILES string of the molecule is CN(C)CCCNc1nnc(CN)s1. The molecule has 14 heavy (non-hydrogen) atoms. The van der Waals surface area contributed by atoms with Crippen LogP contribution in [0.15, 0.2) is 0 Å². The number of nitrogens with two attached hydrogens (primary N) is 1. The molecule has 0 unspecified atom stereocenters. The molecule has 0 aliphatic carbocycles. The third kappa shape index (κ3) is 3.99. The van der Waals surface area contributed by atoms with Crippen molar-refractivity contribution in [3.05, 3.63) is 5.01 Å². The highest BCUT2D eigenvalue weighted by molar-refractivity contribution is 7.15. The van der Waals surface area contributed by atoms with E-state index in [1.807, 2.05) is 0 Å². The Bertz CT molecular complexity index is 260. The van der Waals surface area contributed by atoms with E-state index in [-0.39, 0.29) is 0 Å². The van der Waals surface area contributed by atoms with Gasteiger partial charge >= 0.3 is 0 Å². The van der Waals surface area contributed by atoms with Gasteiger partial charge in [0.15, 0.2) is 0 Å². The van der Waals surface area contributed by atoms with Crippen molar-refractivity contribution in [2.45, 2.75) is 13.0 Å². The molecule has 0 aliphatic heterocycles. The highest BCUT2D eigenvalue weighted by Crippen LogP contribution is 2.13. The van der Waals surface area contributed by atoms with Crippen molar-refractivity contribution in [1.29, 1.82) is 0 Å². The Labute approximate surface area is 88.3 Å². The van der Waals surface area contributed by atoms with E-state index in [1.54, 1.807) is 0 Å². The van der Waals surface area contributed by atoms with Crippen LogP contribution in [0.5, 0.6) is 0 Å². The molecule has 1 aromatic rings. The molecule has 0 saturated heterocycles. The predicted octanol–water partition coefficient (Wildman–Crippen LogP) is 0.360. The molecule has 3 N–H and O–H groups in total. The van der Waals surface area contributed by atoms with Crippen molar-refractivity contribution in [3.63, 3.8) is 0 Å². The summed E-state index contributed by atoms with van der Waals surface area (Å²) in [5, 5.41) is 12.8. The summed E-state index contributed by atoms with van der Waals surface area (Å²) in [5.74, 6) is 0. The summed E-state index contributed by atoms with van der Waals surface area (Å²) in [4.78, 5) is 2.16. The molecule has 1 rings (SSSR count). The first-order valence-corrected chi connectivity index (χ1v) is 5.45. The Morgan fingerprint density at radius 3 is 2.79 bits per heavy atom. The smallest absolute Gasteiger partial charge is 0.205 e. The van der Waals surface area contributed by atoms with Crippen molar-refractivity contribution >= 4 is 16.5 Å². The van der Waals surface area contributed by atoms with Crippen LogP contribution in [0.4, 0.5) is 5.13 Å². The number of rotatable bonds is 6. The second kappa shape index (κ2) is 5.90. The highest BCUT2D eigenvalue weighted by Gasteiger charge is 2.00. The molecule has 1 aromatic heterocycles. The maximum absolute atomic E-state index is 5.43. The number of anilines is 1. The van der Waals surface area contributed by atoms with Crippen LogP contribution in [0.3, 0.4) is 0 Å². The van der Waals surface area contributed by atoms with Crippen LogP contribution in [-0.2, 0) is 6.54 Å². The van der Waals surface area contributed by atoms with Crippen molar-refractivity contribution in [2.75, 3.05) is 32.5 Å². The lowest BCUT2D eigenvalue weighted by Crippen LogP contribution is -2.16. The molecule has 0 fully saturated rings. The molecular weight excluding hydrogens is 198 g/mol. The van der Waals surface area contributed by atoms with Gasteiger partial charge in [-0.2, -0.15) is 0 Å². The number of hydrogen-bond acceptors (Lipinski definition) is 6. The maximum Gasteiger partial charge on any atom is 0.205 e. The zero-order chi connectivity index (χ0) is 10.4. The first-order valence-electron chi connectivity index (χ1n) is 4.63. The van der Waals surface area contributed by atoms with Crippen molar-refractivity contribution in [2.24, 2.45) is 5.73 Å². The standard InChI is InChI=1S/C8H17N5S/c1-13(2)5-3-4-10-8-12-11-7(6-9)14-8/h3-6,9H2,1-2H3,(H,10,12). The van der Waals surface area contributed by atoms with Gasteiger partial charge in [-0.05, 0) is 27.1 Å². The summed E-state index contributed by atoms with van der Waals surface area (Å²) in [6, 6.07) is 0. The number of nitrogens with one attached hydrogen (secondary N) is 1. The van der Waals surface area contributed by atoms with E-state index in [2.05, 4.69) is 34.5 Å². The van der Waals surface area contributed by atoms with Crippen LogP contribution in [-0.4, -0.2) is 42.3 Å². The van der Waals surface area contributed by atoms with Crippen molar-refractivity contribution in [1.82, 2.24) is 15.1 Å². The Morgan fingerprint density at radius 2 is 2.21 bits per heavy atom. The fourth-order valence-electron chi connectivity index (χ4n) is 0.998. The molecule has 0 radical (unpaired) electrons. The molecule has 5 nitrogen and oxygen atoms in total. The van der Waals surface area contributed by atoms with Crippen LogP contribution in [0, 0.1) is 0 Å². The molecule has 0 bridgehead atoms. The first-order chi connectivity index (χ1) is 6.72. The second-order valence-electron chi connectivity index (χ2n) is 3.29. The van der Waals surface area contributed by atoms with Gasteiger partial charge in [-0.3, -0.25) is 0 Å². The quantitative estimate of drug-likeness (QED) is 0.671. The molecule has 0 atom stereocenters. The fraction of sp³-hybridized carbons (Fsp3) is 0.750. The van der Waals surface area contributed by atoms with Crippen molar-refractivity contribution < 1.29 is 0 Å². The van der Waals surface area contributed by atoms with Crippen LogP contribution < -0.4 is 11.1 Å². The van der Waals surface area contributed by atoms with Gasteiger partial charge in [-0.15, -0.1) is 10.2 Å². The zero-order valence-corrected chi connectivity index (χ0v) is 9.47. The second-order valence-corrected chi connectivity index (χ2v) is 4.35. The monoisotopic (exact) mass is 215 g/mol. The van der Waals surface area contributed by atoms with E-state index in [4.69, 9.17) is 5.73 Å². The molecular formula is C8H17N5S. The highest BCUT2D eigenvalue weighted by atomic mass is 32.1. The Balaban J connectivity index is 2.18. The van der Waals surface area contributed by atoms with E-state index in [9.17, 15) is 0 Å².